The van der Waals surface area contributed by atoms with Crippen LogP contribution in [0.25, 0.3) is 10.8 Å². The summed E-state index contributed by atoms with van der Waals surface area (Å²) < 4.78 is 0. The summed E-state index contributed by atoms with van der Waals surface area (Å²) >= 11 is 1.73. The van der Waals surface area contributed by atoms with Crippen LogP contribution in [0.15, 0.2) is 71.6 Å². The maximum Gasteiger partial charge on any atom is 0.252 e. The number of carbonyl (C=O) groups is 1. The lowest BCUT2D eigenvalue weighted by atomic mass is 10.1. The maximum atomic E-state index is 12.7. The predicted octanol–water partition coefficient (Wildman–Crippen LogP) is 5.35. The fourth-order valence-corrected chi connectivity index (χ4v) is 5.01. The molecule has 1 amide bonds. The van der Waals surface area contributed by atoms with E-state index in [1.54, 1.807) is 11.8 Å². The fourth-order valence-electron chi connectivity index (χ4n) is 3.96. The zero-order valence-electron chi connectivity index (χ0n) is 16.8. The van der Waals surface area contributed by atoms with Gasteiger partial charge in [-0.15, -0.1) is 11.8 Å². The van der Waals surface area contributed by atoms with Crippen molar-refractivity contribution >= 4 is 28.4 Å². The van der Waals surface area contributed by atoms with Crippen molar-refractivity contribution in [3.8, 4) is 0 Å². The Bertz CT molecular complexity index is 960. The molecule has 3 aromatic rings. The quantitative estimate of drug-likeness (QED) is 0.406. The Morgan fingerprint density at radius 2 is 1.69 bits per heavy atom. The number of carbonyl (C=O) groups excluding carboxylic acids is 1. The van der Waals surface area contributed by atoms with E-state index in [1.165, 1.54) is 42.3 Å². The smallest absolute Gasteiger partial charge is 0.252 e. The highest BCUT2D eigenvalue weighted by molar-refractivity contribution is 7.98. The number of hydrogen-bond donors (Lipinski definition) is 1. The molecule has 4 heteroatoms. The molecule has 0 saturated carbocycles. The van der Waals surface area contributed by atoms with Crippen molar-refractivity contribution in [1.82, 2.24) is 10.2 Å². The van der Waals surface area contributed by atoms with E-state index in [0.717, 1.165) is 35.7 Å². The molecule has 1 aliphatic rings. The number of nitrogens with zero attached hydrogens (tertiary/aromatic N) is 1. The van der Waals surface area contributed by atoms with Crippen molar-refractivity contribution in [2.75, 3.05) is 26.2 Å². The van der Waals surface area contributed by atoms with Crippen LogP contribution in [0, 0.1) is 0 Å². The minimum absolute atomic E-state index is 0.0347. The summed E-state index contributed by atoms with van der Waals surface area (Å²) in [5.74, 6) is 0.882. The van der Waals surface area contributed by atoms with Gasteiger partial charge in [-0.3, -0.25) is 4.79 Å². The number of hydrogen-bond acceptors (Lipinski definition) is 3. The number of rotatable bonds is 8. The van der Waals surface area contributed by atoms with Crippen molar-refractivity contribution in [3.63, 3.8) is 0 Å². The molecule has 0 atom stereocenters. The Morgan fingerprint density at radius 3 is 2.59 bits per heavy atom. The van der Waals surface area contributed by atoms with E-state index < -0.39 is 0 Å². The first-order valence-electron chi connectivity index (χ1n) is 10.5. The van der Waals surface area contributed by atoms with Crippen molar-refractivity contribution < 1.29 is 4.79 Å². The minimum Gasteiger partial charge on any atom is -0.352 e. The molecule has 1 N–H and O–H groups in total. The van der Waals surface area contributed by atoms with Crippen molar-refractivity contribution in [2.24, 2.45) is 0 Å². The molecular weight excluding hydrogens is 376 g/mol. The van der Waals surface area contributed by atoms with Gasteiger partial charge in [0.05, 0.1) is 5.56 Å². The van der Waals surface area contributed by atoms with Crippen LogP contribution < -0.4 is 5.32 Å². The molecule has 0 aromatic heterocycles. The first-order chi connectivity index (χ1) is 14.3. The Morgan fingerprint density at radius 1 is 0.931 bits per heavy atom. The molecule has 0 radical (unpaired) electrons. The van der Waals surface area contributed by atoms with Crippen LogP contribution in [0.3, 0.4) is 0 Å². The molecule has 0 unspecified atom stereocenters. The maximum absolute atomic E-state index is 12.7. The summed E-state index contributed by atoms with van der Waals surface area (Å²) in [4.78, 5) is 16.3. The third-order valence-electron chi connectivity index (χ3n) is 5.53. The zero-order chi connectivity index (χ0) is 19.9. The average molecular weight is 405 g/mol. The van der Waals surface area contributed by atoms with Gasteiger partial charge in [-0.2, -0.15) is 0 Å². The molecule has 3 aromatic carbocycles. The number of fused-ring (bicyclic) bond motifs is 1. The van der Waals surface area contributed by atoms with Gasteiger partial charge in [-0.05, 0) is 67.4 Å². The van der Waals surface area contributed by atoms with Gasteiger partial charge in [0, 0.05) is 17.2 Å². The first-order valence-corrected chi connectivity index (χ1v) is 11.5. The molecule has 1 heterocycles. The van der Waals surface area contributed by atoms with E-state index in [-0.39, 0.29) is 5.91 Å². The molecule has 150 valence electrons. The molecule has 4 rings (SSSR count). The summed E-state index contributed by atoms with van der Waals surface area (Å²) in [6.45, 7) is 4.23. The number of nitrogens with one attached hydrogen (secondary N) is 1. The first kappa shape index (κ1) is 20.0. The summed E-state index contributed by atoms with van der Waals surface area (Å²) in [5, 5.41) is 5.65. The zero-order valence-corrected chi connectivity index (χ0v) is 17.6. The molecule has 1 saturated heterocycles. The number of thioether (sulfide) groups is 1. The molecule has 29 heavy (non-hydrogen) atoms. The molecular formula is C25H28N2OS. The number of likely N-dealkylation sites (tertiary alicyclic amines) is 1. The van der Waals surface area contributed by atoms with Gasteiger partial charge >= 0.3 is 0 Å². The minimum atomic E-state index is 0.0347. The highest BCUT2D eigenvalue weighted by atomic mass is 32.2. The van der Waals surface area contributed by atoms with E-state index in [1.807, 2.05) is 18.2 Å². The predicted molar refractivity (Wildman–Crippen MR) is 123 cm³/mol. The van der Waals surface area contributed by atoms with Gasteiger partial charge in [0.1, 0.15) is 0 Å². The lowest BCUT2D eigenvalue weighted by Crippen LogP contribution is -2.28. The highest BCUT2D eigenvalue weighted by Gasteiger charge is 2.13. The van der Waals surface area contributed by atoms with E-state index in [2.05, 4.69) is 58.7 Å². The summed E-state index contributed by atoms with van der Waals surface area (Å²) in [5.41, 5.74) is 2.08. The van der Waals surface area contributed by atoms with Crippen molar-refractivity contribution in [3.05, 3.63) is 77.9 Å². The van der Waals surface area contributed by atoms with E-state index in [9.17, 15) is 4.79 Å². The SMILES string of the molecule is O=C(NCCCN1CCCC1)c1ccccc1SCc1cccc2ccccc12. The van der Waals surface area contributed by atoms with E-state index >= 15 is 0 Å². The Labute approximate surface area is 177 Å². The lowest BCUT2D eigenvalue weighted by Gasteiger charge is -2.15. The van der Waals surface area contributed by atoms with E-state index in [0.29, 0.717) is 0 Å². The Balaban J connectivity index is 1.36. The van der Waals surface area contributed by atoms with E-state index in [4.69, 9.17) is 0 Å². The molecule has 3 nitrogen and oxygen atoms in total. The second kappa shape index (κ2) is 9.95. The Kier molecular flexibility index (Phi) is 6.86. The van der Waals surface area contributed by atoms with Crippen LogP contribution in [0.4, 0.5) is 0 Å². The van der Waals surface area contributed by atoms with Gasteiger partial charge in [-0.25, -0.2) is 0 Å². The van der Waals surface area contributed by atoms with Crippen LogP contribution >= 0.6 is 11.8 Å². The molecule has 1 fully saturated rings. The van der Waals surface area contributed by atoms with Crippen LogP contribution in [-0.2, 0) is 5.75 Å². The summed E-state index contributed by atoms with van der Waals surface area (Å²) in [6, 6.07) is 22.8. The monoisotopic (exact) mass is 404 g/mol. The molecule has 0 aliphatic carbocycles. The largest absolute Gasteiger partial charge is 0.352 e. The van der Waals surface area contributed by atoms with Crippen LogP contribution in [0.2, 0.25) is 0 Å². The third-order valence-corrected chi connectivity index (χ3v) is 6.65. The van der Waals surface area contributed by atoms with Gasteiger partial charge in [0.15, 0.2) is 0 Å². The van der Waals surface area contributed by atoms with Crippen LogP contribution in [-0.4, -0.2) is 37.0 Å². The molecule has 0 bridgehead atoms. The van der Waals surface area contributed by atoms with Crippen LogP contribution in [0.5, 0.6) is 0 Å². The number of amides is 1. The van der Waals surface area contributed by atoms with Crippen LogP contribution in [0.1, 0.15) is 35.2 Å². The lowest BCUT2D eigenvalue weighted by molar-refractivity contribution is 0.0949. The summed E-state index contributed by atoms with van der Waals surface area (Å²) in [7, 11) is 0. The fraction of sp³-hybridized carbons (Fsp3) is 0.320. The van der Waals surface area contributed by atoms with Gasteiger partial charge in [-0.1, -0.05) is 54.6 Å². The Hall–Kier alpha value is -2.30. The van der Waals surface area contributed by atoms with Crippen molar-refractivity contribution in [2.45, 2.75) is 29.9 Å². The van der Waals surface area contributed by atoms with Crippen molar-refractivity contribution in [1.29, 1.82) is 0 Å². The summed E-state index contributed by atoms with van der Waals surface area (Å²) in [6.07, 6.45) is 3.64. The second-order valence-corrected chi connectivity index (χ2v) is 8.60. The van der Waals surface area contributed by atoms with Gasteiger partial charge < -0.3 is 10.2 Å². The average Bonchev–Trinajstić information content (AvgIpc) is 3.29. The topological polar surface area (TPSA) is 32.3 Å². The second-order valence-electron chi connectivity index (χ2n) is 7.58. The van der Waals surface area contributed by atoms with Gasteiger partial charge in [0.25, 0.3) is 5.91 Å². The molecule has 0 spiro atoms. The van der Waals surface area contributed by atoms with Gasteiger partial charge in [0.2, 0.25) is 0 Å². The standard InChI is InChI=1S/C25H28N2OS/c28-25(26-15-8-18-27-16-5-6-17-27)23-13-3-4-14-24(23)29-19-21-11-7-10-20-9-1-2-12-22(20)21/h1-4,7,9-14H,5-6,8,15-19H2,(H,26,28). The number of benzene rings is 3. The third kappa shape index (κ3) is 5.20. The highest BCUT2D eigenvalue weighted by Crippen LogP contribution is 2.29. The normalized spacial score (nSPS) is 14.3. The molecule has 1 aliphatic heterocycles.